The Kier molecular flexibility index (Phi) is 5.58. The predicted molar refractivity (Wildman–Crippen MR) is 68.7 cm³/mol. The lowest BCUT2D eigenvalue weighted by atomic mass is 10.2. The molecule has 4 heteroatoms. The highest BCUT2D eigenvalue weighted by atomic mass is 79.9. The number of thioether (sulfide) groups is 1. The van der Waals surface area contributed by atoms with Crippen LogP contribution < -0.4 is 0 Å². The summed E-state index contributed by atoms with van der Waals surface area (Å²) in [5, 5.41) is 0.0777. The van der Waals surface area contributed by atoms with E-state index in [9.17, 15) is 9.18 Å². The topological polar surface area (TPSA) is 17.1 Å². The number of carbonyl (C=O) groups excluding carboxylic acids is 1. The minimum absolute atomic E-state index is 0.0777. The number of benzene rings is 1. The average Bonchev–Trinajstić information content (AvgIpc) is 2.21. The summed E-state index contributed by atoms with van der Waals surface area (Å²) in [6, 6.07) is 4.74. The molecule has 1 nitrogen and oxygen atoms in total. The van der Waals surface area contributed by atoms with Crippen LogP contribution in [0.15, 0.2) is 22.7 Å². The lowest BCUT2D eigenvalue weighted by Crippen LogP contribution is -1.86. The molecule has 84 valence electrons. The first-order chi connectivity index (χ1) is 7.61. The molecule has 0 saturated carbocycles. The highest BCUT2D eigenvalue weighted by Gasteiger charge is 2.01. The summed E-state index contributed by atoms with van der Waals surface area (Å²) in [5.74, 6) is 5.92. The molecule has 0 aliphatic rings. The van der Waals surface area contributed by atoms with Crippen LogP contribution in [0.3, 0.4) is 0 Å². The number of hydrogen-bond acceptors (Lipinski definition) is 2. The summed E-state index contributed by atoms with van der Waals surface area (Å²) < 4.78 is 13.9. The lowest BCUT2D eigenvalue weighted by Gasteiger charge is -1.96. The van der Waals surface area contributed by atoms with Gasteiger partial charge in [0, 0.05) is 23.6 Å². The minimum Gasteiger partial charge on any atom is -0.288 e. The van der Waals surface area contributed by atoms with Crippen molar-refractivity contribution in [3.63, 3.8) is 0 Å². The summed E-state index contributed by atoms with van der Waals surface area (Å²) in [6.07, 6.45) is 0.574. The molecule has 1 aromatic rings. The molecule has 0 aromatic heterocycles. The van der Waals surface area contributed by atoms with E-state index in [-0.39, 0.29) is 10.9 Å². The third-order valence-electron chi connectivity index (χ3n) is 1.71. The van der Waals surface area contributed by atoms with Gasteiger partial charge in [-0.05, 0) is 28.1 Å². The highest BCUT2D eigenvalue weighted by Crippen LogP contribution is 2.18. The molecule has 1 aromatic carbocycles. The van der Waals surface area contributed by atoms with Crippen LogP contribution in [0.25, 0.3) is 0 Å². The molecular formula is C12H10BrFOS. The number of halogens is 2. The maximum absolute atomic E-state index is 13.3. The maximum atomic E-state index is 13.3. The molecular weight excluding hydrogens is 291 g/mol. The van der Waals surface area contributed by atoms with Gasteiger partial charge >= 0.3 is 0 Å². The van der Waals surface area contributed by atoms with Gasteiger partial charge in [-0.1, -0.05) is 29.7 Å². The SMILES string of the molecule is CC(=O)SCCC#Cc1c(F)cccc1Br. The van der Waals surface area contributed by atoms with Gasteiger partial charge in [0.25, 0.3) is 0 Å². The molecule has 0 N–H and O–H groups in total. The van der Waals surface area contributed by atoms with Gasteiger partial charge in [-0.2, -0.15) is 0 Å². The van der Waals surface area contributed by atoms with Gasteiger partial charge < -0.3 is 0 Å². The molecule has 0 unspecified atom stereocenters. The Morgan fingerprint density at radius 2 is 2.31 bits per heavy atom. The second kappa shape index (κ2) is 6.72. The van der Waals surface area contributed by atoms with Crippen LogP contribution in [0, 0.1) is 17.7 Å². The van der Waals surface area contributed by atoms with Crippen LogP contribution in [0.5, 0.6) is 0 Å². The fraction of sp³-hybridized carbons (Fsp3) is 0.250. The Labute approximate surface area is 107 Å². The molecule has 0 amide bonds. The molecule has 16 heavy (non-hydrogen) atoms. The molecule has 0 atom stereocenters. The molecule has 1 rings (SSSR count). The van der Waals surface area contributed by atoms with E-state index in [1.165, 1.54) is 24.8 Å². The van der Waals surface area contributed by atoms with Gasteiger partial charge in [0.1, 0.15) is 5.82 Å². The Bertz CT molecular complexity index is 428. The summed E-state index contributed by atoms with van der Waals surface area (Å²) in [7, 11) is 0. The van der Waals surface area contributed by atoms with Gasteiger partial charge in [0.05, 0.1) is 5.56 Å². The lowest BCUT2D eigenvalue weighted by molar-refractivity contribution is -0.109. The molecule has 0 fully saturated rings. The predicted octanol–water partition coefficient (Wildman–Crippen LogP) is 3.61. The Balaban J connectivity index is 2.60. The zero-order valence-electron chi connectivity index (χ0n) is 8.72. The summed E-state index contributed by atoms with van der Waals surface area (Å²) in [6.45, 7) is 1.52. The van der Waals surface area contributed by atoms with E-state index in [1.807, 2.05) is 0 Å². The van der Waals surface area contributed by atoms with Gasteiger partial charge in [-0.3, -0.25) is 4.79 Å². The van der Waals surface area contributed by atoms with Gasteiger partial charge in [0.15, 0.2) is 5.12 Å². The van der Waals surface area contributed by atoms with E-state index in [1.54, 1.807) is 12.1 Å². The van der Waals surface area contributed by atoms with E-state index < -0.39 is 0 Å². The highest BCUT2D eigenvalue weighted by molar-refractivity contribution is 9.10. The van der Waals surface area contributed by atoms with Crippen molar-refractivity contribution >= 4 is 32.8 Å². The molecule has 0 aliphatic carbocycles. The van der Waals surface area contributed by atoms with Crippen molar-refractivity contribution in [2.75, 3.05) is 5.75 Å². The Morgan fingerprint density at radius 3 is 2.94 bits per heavy atom. The van der Waals surface area contributed by atoms with Crippen LogP contribution >= 0.6 is 27.7 Å². The van der Waals surface area contributed by atoms with Crippen molar-refractivity contribution in [2.45, 2.75) is 13.3 Å². The third-order valence-corrected chi connectivity index (χ3v) is 3.18. The van der Waals surface area contributed by atoms with E-state index in [0.29, 0.717) is 22.2 Å². The summed E-state index contributed by atoms with van der Waals surface area (Å²) in [4.78, 5) is 10.6. The number of hydrogen-bond donors (Lipinski definition) is 0. The van der Waals surface area contributed by atoms with Crippen LogP contribution in [0.4, 0.5) is 4.39 Å². The maximum Gasteiger partial charge on any atom is 0.185 e. The standard InChI is InChI=1S/C12H10BrFOS/c1-9(15)16-8-3-2-5-10-11(13)6-4-7-12(10)14/h4,6-7H,3,8H2,1H3. The van der Waals surface area contributed by atoms with Crippen molar-refractivity contribution in [1.82, 2.24) is 0 Å². The van der Waals surface area contributed by atoms with Gasteiger partial charge in [0.2, 0.25) is 0 Å². The Hall–Kier alpha value is -0.790. The first kappa shape index (κ1) is 13.3. The molecule has 0 heterocycles. The largest absolute Gasteiger partial charge is 0.288 e. The zero-order chi connectivity index (χ0) is 12.0. The normalized spacial score (nSPS) is 9.44. The van der Waals surface area contributed by atoms with Crippen LogP contribution in [0.2, 0.25) is 0 Å². The summed E-state index contributed by atoms with van der Waals surface area (Å²) >= 11 is 4.47. The average molecular weight is 301 g/mol. The van der Waals surface area contributed by atoms with Gasteiger partial charge in [-0.25, -0.2) is 4.39 Å². The molecule has 0 saturated heterocycles. The third kappa shape index (κ3) is 4.38. The second-order valence-corrected chi connectivity index (χ2v) is 5.11. The zero-order valence-corrected chi connectivity index (χ0v) is 11.1. The first-order valence-electron chi connectivity index (χ1n) is 4.67. The van der Waals surface area contributed by atoms with Crippen molar-refractivity contribution in [3.05, 3.63) is 34.1 Å². The Morgan fingerprint density at radius 1 is 1.56 bits per heavy atom. The smallest absolute Gasteiger partial charge is 0.185 e. The van der Waals surface area contributed by atoms with Crippen molar-refractivity contribution in [2.24, 2.45) is 0 Å². The molecule has 0 aliphatic heterocycles. The molecule has 0 radical (unpaired) electrons. The fourth-order valence-corrected chi connectivity index (χ4v) is 1.95. The van der Waals surface area contributed by atoms with E-state index >= 15 is 0 Å². The van der Waals surface area contributed by atoms with Crippen molar-refractivity contribution in [3.8, 4) is 11.8 Å². The number of rotatable bonds is 2. The van der Waals surface area contributed by atoms with E-state index in [0.717, 1.165) is 0 Å². The first-order valence-corrected chi connectivity index (χ1v) is 6.45. The minimum atomic E-state index is -0.332. The monoisotopic (exact) mass is 300 g/mol. The number of carbonyl (C=O) groups is 1. The molecule has 0 bridgehead atoms. The van der Waals surface area contributed by atoms with E-state index in [2.05, 4.69) is 27.8 Å². The van der Waals surface area contributed by atoms with Gasteiger partial charge in [-0.15, -0.1) is 0 Å². The second-order valence-electron chi connectivity index (χ2n) is 2.99. The summed E-state index contributed by atoms with van der Waals surface area (Å²) in [5.41, 5.74) is 0.371. The quantitative estimate of drug-likeness (QED) is 0.613. The van der Waals surface area contributed by atoms with Crippen LogP contribution in [-0.2, 0) is 4.79 Å². The molecule has 0 spiro atoms. The van der Waals surface area contributed by atoms with Crippen molar-refractivity contribution in [1.29, 1.82) is 0 Å². The van der Waals surface area contributed by atoms with E-state index in [4.69, 9.17) is 0 Å². The van der Waals surface area contributed by atoms with Crippen LogP contribution in [-0.4, -0.2) is 10.9 Å². The fourth-order valence-electron chi connectivity index (χ4n) is 1.01. The van der Waals surface area contributed by atoms with Crippen molar-refractivity contribution < 1.29 is 9.18 Å². The van der Waals surface area contributed by atoms with Crippen LogP contribution in [0.1, 0.15) is 18.9 Å².